The van der Waals surface area contributed by atoms with E-state index < -0.39 is 41.0 Å². The van der Waals surface area contributed by atoms with Crippen LogP contribution in [0.2, 0.25) is 0 Å². The molecule has 0 saturated carbocycles. The summed E-state index contributed by atoms with van der Waals surface area (Å²) in [6.45, 7) is -0.587. The number of aliphatic hydroxyl groups excluding tert-OH is 1. The lowest BCUT2D eigenvalue weighted by atomic mass is 9.84. The van der Waals surface area contributed by atoms with E-state index in [0.29, 0.717) is 29.5 Å². The van der Waals surface area contributed by atoms with E-state index in [2.05, 4.69) is 32.4 Å². The van der Waals surface area contributed by atoms with Gasteiger partial charge in [-0.25, -0.2) is 13.5 Å². The summed E-state index contributed by atoms with van der Waals surface area (Å²) in [5, 5.41) is 31.1. The molecule has 0 aliphatic rings. The zero-order valence-corrected chi connectivity index (χ0v) is 25.4. The SMILES string of the molecule is CN(C)C(CO)c1ccc(COc2ccc(C#Cc3ccc(C(F)(F)C(O)(Cn4cnnn4)c4ccc(F)cc4F)nc3)cc2)cc1. The Morgan fingerprint density at radius 1 is 0.936 bits per heavy atom. The predicted octanol–water partition coefficient (Wildman–Crippen LogP) is 4.60. The van der Waals surface area contributed by atoms with E-state index in [4.69, 9.17) is 4.74 Å². The first-order chi connectivity index (χ1) is 22.5. The first kappa shape index (κ1) is 33.2. The highest BCUT2D eigenvalue weighted by atomic mass is 19.3. The molecule has 5 aromatic rings. The third kappa shape index (κ3) is 7.47. The standard InChI is InChI=1S/C34H30F4N6O3/c1-43(2)31(19-45)26-10-5-25(6-11-26)20-47-28-13-7-23(8-14-28)3-4-24-9-16-32(39-18-24)34(37,38)33(46,21-44-22-40-41-42-44)29-15-12-27(35)17-30(29)36/h5-18,22,31,45-46H,19-21H2,1-2H3. The summed E-state index contributed by atoms with van der Waals surface area (Å²) >= 11 is 0. The van der Waals surface area contributed by atoms with Crippen LogP contribution >= 0.6 is 0 Å². The Kier molecular flexibility index (Phi) is 9.95. The maximum absolute atomic E-state index is 15.9. The lowest BCUT2D eigenvalue weighted by Crippen LogP contribution is -2.48. The quantitative estimate of drug-likeness (QED) is 0.158. The number of pyridine rings is 1. The molecule has 9 nitrogen and oxygen atoms in total. The van der Waals surface area contributed by atoms with E-state index in [1.807, 2.05) is 43.3 Å². The zero-order chi connectivity index (χ0) is 33.6. The summed E-state index contributed by atoms with van der Waals surface area (Å²) in [7, 11) is 3.82. The molecule has 0 radical (unpaired) electrons. The number of hydrogen-bond donors (Lipinski definition) is 2. The van der Waals surface area contributed by atoms with E-state index in [9.17, 15) is 19.0 Å². The minimum absolute atomic E-state index is 0.0191. The lowest BCUT2D eigenvalue weighted by Gasteiger charge is -2.35. The Morgan fingerprint density at radius 2 is 1.64 bits per heavy atom. The number of tetrazole rings is 1. The second-order valence-corrected chi connectivity index (χ2v) is 11.0. The van der Waals surface area contributed by atoms with Crippen LogP contribution in [0.4, 0.5) is 17.6 Å². The lowest BCUT2D eigenvalue weighted by molar-refractivity contribution is -0.207. The minimum Gasteiger partial charge on any atom is -0.489 e. The van der Waals surface area contributed by atoms with Crippen molar-refractivity contribution in [3.05, 3.63) is 137 Å². The van der Waals surface area contributed by atoms with Gasteiger partial charge in [-0.2, -0.15) is 8.78 Å². The third-order valence-corrected chi connectivity index (χ3v) is 7.54. The van der Waals surface area contributed by atoms with Gasteiger partial charge >= 0.3 is 5.92 Å². The predicted molar refractivity (Wildman–Crippen MR) is 163 cm³/mol. The molecule has 0 aliphatic carbocycles. The number of likely N-dealkylation sites (N-methyl/N-ethyl adjacent to an activating group) is 1. The fourth-order valence-corrected chi connectivity index (χ4v) is 4.88. The molecule has 242 valence electrons. The Balaban J connectivity index is 1.27. The van der Waals surface area contributed by atoms with Gasteiger partial charge in [0.2, 0.25) is 0 Å². The number of rotatable bonds is 11. The molecular formula is C34H30F4N6O3. The molecule has 13 heteroatoms. The van der Waals surface area contributed by atoms with Gasteiger partial charge in [-0.15, -0.1) is 5.10 Å². The van der Waals surface area contributed by atoms with Crippen LogP contribution in [0, 0.1) is 23.5 Å². The molecule has 0 spiro atoms. The number of aromatic nitrogens is 5. The van der Waals surface area contributed by atoms with Crippen LogP contribution in [-0.2, 0) is 24.7 Å². The Hall–Kier alpha value is -5.16. The summed E-state index contributed by atoms with van der Waals surface area (Å²) < 4.78 is 66.8. The normalized spacial score (nSPS) is 13.5. The minimum atomic E-state index is -4.17. The molecule has 0 amide bonds. The number of ether oxygens (including phenoxy) is 1. The number of alkyl halides is 2. The van der Waals surface area contributed by atoms with Gasteiger partial charge in [0.05, 0.1) is 19.2 Å². The van der Waals surface area contributed by atoms with Gasteiger partial charge in [0.15, 0.2) is 5.60 Å². The Labute approximate surface area is 268 Å². The molecule has 5 rings (SSSR count). The average Bonchev–Trinajstić information content (AvgIpc) is 3.57. The third-order valence-electron chi connectivity index (χ3n) is 7.54. The Bertz CT molecular complexity index is 1840. The van der Waals surface area contributed by atoms with Crippen molar-refractivity contribution in [1.82, 2.24) is 30.1 Å². The molecule has 0 saturated heterocycles. The van der Waals surface area contributed by atoms with E-state index >= 15 is 8.78 Å². The van der Waals surface area contributed by atoms with Crippen molar-refractivity contribution in [3.63, 3.8) is 0 Å². The highest BCUT2D eigenvalue weighted by Crippen LogP contribution is 2.46. The average molecular weight is 647 g/mol. The number of halogens is 4. The van der Waals surface area contributed by atoms with Crippen molar-refractivity contribution in [2.75, 3.05) is 20.7 Å². The van der Waals surface area contributed by atoms with Gasteiger partial charge in [0.25, 0.3) is 0 Å². The van der Waals surface area contributed by atoms with Crippen molar-refractivity contribution < 1.29 is 32.5 Å². The van der Waals surface area contributed by atoms with Crippen molar-refractivity contribution in [1.29, 1.82) is 0 Å². The van der Waals surface area contributed by atoms with Gasteiger partial charge in [-0.05, 0) is 84.2 Å². The molecule has 2 heterocycles. The number of hydrogen-bond acceptors (Lipinski definition) is 8. The Morgan fingerprint density at radius 3 is 2.23 bits per heavy atom. The molecule has 3 aromatic carbocycles. The second-order valence-electron chi connectivity index (χ2n) is 11.0. The van der Waals surface area contributed by atoms with Crippen LogP contribution in [0.25, 0.3) is 0 Å². The monoisotopic (exact) mass is 646 g/mol. The summed E-state index contributed by atoms with van der Waals surface area (Å²) in [5.74, 6) is -0.129. The molecular weight excluding hydrogens is 616 g/mol. The van der Waals surface area contributed by atoms with Crippen LogP contribution in [0.5, 0.6) is 5.75 Å². The molecule has 2 atom stereocenters. The molecule has 2 aromatic heterocycles. The summed E-state index contributed by atoms with van der Waals surface area (Å²) in [5.41, 5.74) is -2.05. The van der Waals surface area contributed by atoms with Gasteiger partial charge in [0.1, 0.15) is 36.0 Å². The highest BCUT2D eigenvalue weighted by molar-refractivity contribution is 5.44. The summed E-state index contributed by atoms with van der Waals surface area (Å²) in [6, 6.07) is 18.9. The fraction of sp³-hybridized carbons (Fsp3) is 0.235. The van der Waals surface area contributed by atoms with E-state index in [-0.39, 0.29) is 12.6 Å². The smallest absolute Gasteiger partial charge is 0.323 e. The first-order valence-corrected chi connectivity index (χ1v) is 14.3. The molecule has 0 bridgehead atoms. The van der Waals surface area contributed by atoms with Gasteiger partial charge in [0, 0.05) is 29.0 Å². The van der Waals surface area contributed by atoms with Crippen LogP contribution < -0.4 is 4.74 Å². The summed E-state index contributed by atoms with van der Waals surface area (Å²) in [6.07, 6.45) is 2.09. The van der Waals surface area contributed by atoms with Crippen molar-refractivity contribution in [3.8, 4) is 17.6 Å². The largest absolute Gasteiger partial charge is 0.489 e. The number of benzene rings is 3. The van der Waals surface area contributed by atoms with Crippen molar-refractivity contribution in [2.45, 2.75) is 30.7 Å². The van der Waals surface area contributed by atoms with Crippen LogP contribution in [0.3, 0.4) is 0 Å². The zero-order valence-electron chi connectivity index (χ0n) is 25.4. The number of aliphatic hydroxyl groups is 2. The van der Waals surface area contributed by atoms with Crippen molar-refractivity contribution in [2.24, 2.45) is 0 Å². The fourth-order valence-electron chi connectivity index (χ4n) is 4.88. The molecule has 2 N–H and O–H groups in total. The molecule has 2 unspecified atom stereocenters. The number of nitrogens with zero attached hydrogens (tertiary/aromatic N) is 6. The van der Waals surface area contributed by atoms with Crippen LogP contribution in [0.1, 0.15) is 39.6 Å². The van der Waals surface area contributed by atoms with Gasteiger partial charge < -0.3 is 19.8 Å². The van der Waals surface area contributed by atoms with E-state index in [0.717, 1.165) is 46.5 Å². The first-order valence-electron chi connectivity index (χ1n) is 14.3. The van der Waals surface area contributed by atoms with Gasteiger partial charge in [-0.3, -0.25) is 4.98 Å². The second kappa shape index (κ2) is 14.1. The molecule has 0 aliphatic heterocycles. The van der Waals surface area contributed by atoms with Crippen LogP contribution in [0.15, 0.2) is 91.4 Å². The van der Waals surface area contributed by atoms with E-state index in [1.54, 1.807) is 24.3 Å². The van der Waals surface area contributed by atoms with Gasteiger partial charge in [-0.1, -0.05) is 36.1 Å². The summed E-state index contributed by atoms with van der Waals surface area (Å²) in [4.78, 5) is 5.77. The van der Waals surface area contributed by atoms with Crippen LogP contribution in [-0.4, -0.2) is 61.0 Å². The molecule has 47 heavy (non-hydrogen) atoms. The van der Waals surface area contributed by atoms with Crippen molar-refractivity contribution >= 4 is 0 Å². The van der Waals surface area contributed by atoms with E-state index in [1.165, 1.54) is 6.07 Å². The highest BCUT2D eigenvalue weighted by Gasteiger charge is 2.58. The maximum Gasteiger partial charge on any atom is 0.323 e. The molecule has 0 fully saturated rings. The topological polar surface area (TPSA) is 109 Å². The maximum atomic E-state index is 15.9.